The number of hydrogen-bond acceptors (Lipinski definition) is 8. The van der Waals surface area contributed by atoms with E-state index < -0.39 is 0 Å². The molecule has 0 fully saturated rings. The number of nitrogens with zero attached hydrogens (tertiary/aromatic N) is 2. The standard InChI is InChI=1S/C9H6Cl2N2S.C6H4BCl2O2.C5H5BrN2OS.CH4/c10-6-2-1-5(3-7(6)11)9-13-8(12)4-14-9;8-5-2-1-4(11-7-10)3-6(5)9;1-3(9)7-4-2-10-5(6)8-4;/h1-4H,12H2;1-3,10H;2H,1H3,(H,7,9);1H4. The van der Waals surface area contributed by atoms with E-state index in [1.54, 1.807) is 35.0 Å². The number of nitrogens with one attached hydrogen (secondary N) is 1. The number of nitrogens with two attached hydrogens (primary N) is 1. The maximum absolute atomic E-state index is 10.5. The molecule has 0 aliphatic heterocycles. The number of thiazole rings is 2. The van der Waals surface area contributed by atoms with Crippen LogP contribution < -0.4 is 15.7 Å². The number of carbonyl (C=O) groups is 1. The minimum atomic E-state index is -0.0993. The molecule has 7 nitrogen and oxygen atoms in total. The van der Waals surface area contributed by atoms with E-state index in [4.69, 9.17) is 57.2 Å². The Balaban J connectivity index is 0.000000271. The minimum absolute atomic E-state index is 0. The molecule has 1 amide bonds. The van der Waals surface area contributed by atoms with Gasteiger partial charge in [-0.2, -0.15) is 0 Å². The molecule has 2 heterocycles. The molecule has 1 radical (unpaired) electrons. The van der Waals surface area contributed by atoms with Gasteiger partial charge in [0.15, 0.2) is 3.92 Å². The molecule has 0 unspecified atom stereocenters. The summed E-state index contributed by atoms with van der Waals surface area (Å²) in [4.78, 5) is 18.6. The van der Waals surface area contributed by atoms with Crippen LogP contribution >= 0.6 is 85.0 Å². The Bertz CT molecular complexity index is 1280. The van der Waals surface area contributed by atoms with Crippen LogP contribution in [0.3, 0.4) is 0 Å². The Hall–Kier alpha value is -1.57. The molecule has 191 valence electrons. The molecule has 0 bridgehead atoms. The average Bonchev–Trinajstić information content (AvgIpc) is 3.41. The van der Waals surface area contributed by atoms with Crippen LogP contribution in [0.4, 0.5) is 11.6 Å². The fourth-order valence-electron chi connectivity index (χ4n) is 2.15. The second kappa shape index (κ2) is 16.3. The summed E-state index contributed by atoms with van der Waals surface area (Å²) in [6.45, 7) is 1.45. The van der Waals surface area contributed by atoms with E-state index in [0.717, 1.165) is 14.5 Å². The number of halogens is 5. The van der Waals surface area contributed by atoms with Crippen molar-refractivity contribution in [1.29, 1.82) is 0 Å². The number of aromatic nitrogens is 2. The molecule has 15 heteroatoms. The van der Waals surface area contributed by atoms with Crippen LogP contribution in [0.15, 0.2) is 51.1 Å². The van der Waals surface area contributed by atoms with Gasteiger partial charge in [-0.1, -0.05) is 59.9 Å². The fourth-order valence-corrected chi connectivity index (χ4v) is 4.38. The van der Waals surface area contributed by atoms with Crippen LogP contribution in [0.2, 0.25) is 20.1 Å². The van der Waals surface area contributed by atoms with Crippen molar-refractivity contribution in [2.24, 2.45) is 0 Å². The topological polar surface area (TPSA) is 110 Å². The Morgan fingerprint density at radius 1 is 1.03 bits per heavy atom. The molecular formula is C21H19BBrCl4N4O3S2. The second-order valence-corrected chi connectivity index (χ2v) is 10.8. The van der Waals surface area contributed by atoms with Gasteiger partial charge >= 0.3 is 7.69 Å². The minimum Gasteiger partial charge on any atom is -0.537 e. The van der Waals surface area contributed by atoms with Gasteiger partial charge in [0.1, 0.15) is 22.4 Å². The summed E-state index contributed by atoms with van der Waals surface area (Å²) < 4.78 is 5.40. The van der Waals surface area contributed by atoms with Gasteiger partial charge in [0, 0.05) is 23.2 Å². The fraction of sp³-hybridized carbons (Fsp3) is 0.0952. The maximum Gasteiger partial charge on any atom is 0.569 e. The van der Waals surface area contributed by atoms with Crippen molar-refractivity contribution < 1.29 is 14.5 Å². The molecule has 0 aliphatic carbocycles. The SMILES string of the molecule is C.CC(=O)Nc1csc(Br)n1.Nc1csc(-c2ccc(Cl)c(Cl)c2)n1.O[B]Oc1ccc(Cl)c(Cl)c1. The van der Waals surface area contributed by atoms with Crippen LogP contribution in [0, 0.1) is 0 Å². The molecule has 0 saturated carbocycles. The first kappa shape index (κ1) is 32.5. The summed E-state index contributed by atoms with van der Waals surface area (Å²) in [6, 6.07) is 10.1. The van der Waals surface area contributed by atoms with Crippen LogP contribution in [-0.2, 0) is 4.79 Å². The number of hydrogen-bond donors (Lipinski definition) is 3. The van der Waals surface area contributed by atoms with Crippen molar-refractivity contribution in [3.05, 3.63) is 71.2 Å². The van der Waals surface area contributed by atoms with Crippen molar-refractivity contribution in [2.75, 3.05) is 11.1 Å². The molecule has 4 N–H and O–H groups in total. The number of anilines is 2. The molecular weight excluding hydrogens is 653 g/mol. The van der Waals surface area contributed by atoms with E-state index >= 15 is 0 Å². The van der Waals surface area contributed by atoms with Gasteiger partial charge in [0.25, 0.3) is 0 Å². The number of rotatable bonds is 4. The highest BCUT2D eigenvalue weighted by Gasteiger charge is 2.05. The van der Waals surface area contributed by atoms with Crippen molar-refractivity contribution in [3.63, 3.8) is 0 Å². The largest absolute Gasteiger partial charge is 0.569 e. The smallest absolute Gasteiger partial charge is 0.537 e. The van der Waals surface area contributed by atoms with Crippen LogP contribution in [0.25, 0.3) is 10.6 Å². The lowest BCUT2D eigenvalue weighted by Crippen LogP contribution is -2.05. The van der Waals surface area contributed by atoms with Crippen LogP contribution in [-0.4, -0.2) is 28.6 Å². The Morgan fingerprint density at radius 2 is 1.67 bits per heavy atom. The molecule has 0 atom stereocenters. The molecule has 4 rings (SSSR count). The van der Waals surface area contributed by atoms with E-state index in [0.29, 0.717) is 45.2 Å². The average molecular weight is 672 g/mol. The third-order valence-electron chi connectivity index (χ3n) is 3.55. The van der Waals surface area contributed by atoms with Gasteiger partial charge in [0.05, 0.1) is 20.1 Å². The predicted molar refractivity (Wildman–Crippen MR) is 158 cm³/mol. The Labute approximate surface area is 246 Å². The predicted octanol–water partition coefficient (Wildman–Crippen LogP) is 8.10. The molecule has 2 aromatic carbocycles. The van der Waals surface area contributed by atoms with E-state index in [1.165, 1.54) is 35.7 Å². The van der Waals surface area contributed by atoms with Gasteiger partial charge < -0.3 is 20.7 Å². The van der Waals surface area contributed by atoms with Gasteiger partial charge in [-0.3, -0.25) is 4.79 Å². The van der Waals surface area contributed by atoms with Crippen LogP contribution in [0.1, 0.15) is 14.4 Å². The summed E-state index contributed by atoms with van der Waals surface area (Å²) in [6.07, 6.45) is 0. The van der Waals surface area contributed by atoms with Crippen molar-refractivity contribution in [2.45, 2.75) is 14.4 Å². The summed E-state index contributed by atoms with van der Waals surface area (Å²) in [5.41, 5.74) is 6.46. The van der Waals surface area contributed by atoms with Gasteiger partial charge in [-0.15, -0.1) is 22.7 Å². The molecule has 0 aliphatic rings. The number of amides is 1. The summed E-state index contributed by atoms with van der Waals surface area (Å²) in [7, 11) is 0.583. The zero-order chi connectivity index (χ0) is 26.0. The lowest BCUT2D eigenvalue weighted by Gasteiger charge is -2.01. The van der Waals surface area contributed by atoms with Crippen molar-refractivity contribution >= 4 is 110 Å². The molecule has 4 aromatic rings. The molecule has 0 saturated heterocycles. The third kappa shape index (κ3) is 11.2. The van der Waals surface area contributed by atoms with Gasteiger partial charge in [-0.05, 0) is 46.3 Å². The third-order valence-corrected chi connectivity index (χ3v) is 7.30. The maximum atomic E-state index is 10.5. The highest BCUT2D eigenvalue weighted by Crippen LogP contribution is 2.30. The number of carbonyl (C=O) groups excluding carboxylic acids is 1. The quantitative estimate of drug-likeness (QED) is 0.189. The monoisotopic (exact) mass is 669 g/mol. The van der Waals surface area contributed by atoms with Crippen molar-refractivity contribution in [1.82, 2.24) is 9.97 Å². The van der Waals surface area contributed by atoms with Crippen LogP contribution in [0.5, 0.6) is 5.75 Å². The second-order valence-electron chi connectivity index (χ2n) is 6.17. The zero-order valence-corrected chi connectivity index (χ0v) is 23.9. The van der Waals surface area contributed by atoms with Gasteiger partial charge in [0.2, 0.25) is 5.91 Å². The van der Waals surface area contributed by atoms with E-state index in [1.807, 2.05) is 6.07 Å². The Morgan fingerprint density at radius 3 is 2.14 bits per heavy atom. The first-order valence-electron chi connectivity index (χ1n) is 9.21. The Kier molecular flexibility index (Phi) is 14.7. The normalized spacial score (nSPS) is 9.53. The van der Waals surface area contributed by atoms with E-state index in [2.05, 4.69) is 35.9 Å². The highest BCUT2D eigenvalue weighted by molar-refractivity contribution is 9.11. The number of nitrogen functional groups attached to an aromatic ring is 1. The van der Waals surface area contributed by atoms with Gasteiger partial charge in [-0.25, -0.2) is 9.97 Å². The molecule has 36 heavy (non-hydrogen) atoms. The van der Waals surface area contributed by atoms with Crippen molar-refractivity contribution in [3.8, 4) is 16.3 Å². The summed E-state index contributed by atoms with van der Waals surface area (Å²) in [5.74, 6) is 1.47. The zero-order valence-electron chi connectivity index (χ0n) is 17.6. The lowest BCUT2D eigenvalue weighted by molar-refractivity contribution is -0.114. The lowest BCUT2D eigenvalue weighted by atomic mass is 10.2. The first-order valence-corrected chi connectivity index (χ1v) is 13.3. The number of benzene rings is 2. The summed E-state index contributed by atoms with van der Waals surface area (Å²) in [5, 5.41) is 17.1. The molecule has 0 spiro atoms. The van der Waals surface area contributed by atoms with E-state index in [9.17, 15) is 4.79 Å². The first-order chi connectivity index (χ1) is 16.6. The highest BCUT2D eigenvalue weighted by atomic mass is 79.9. The van der Waals surface area contributed by atoms with E-state index in [-0.39, 0.29) is 13.3 Å². The molecule has 2 aromatic heterocycles. The summed E-state index contributed by atoms with van der Waals surface area (Å²) >= 11 is 29.0.